The minimum absolute atomic E-state index is 0.143. The zero-order valence-corrected chi connectivity index (χ0v) is 11.9. The van der Waals surface area contributed by atoms with Crippen LogP contribution in [0.4, 0.5) is 4.79 Å². The van der Waals surface area contributed by atoms with E-state index in [9.17, 15) is 19.8 Å². The van der Waals surface area contributed by atoms with Gasteiger partial charge in [0.25, 0.3) is 0 Å². The van der Waals surface area contributed by atoms with Gasteiger partial charge in [-0.2, -0.15) is 4.79 Å². The van der Waals surface area contributed by atoms with E-state index in [2.05, 4.69) is 0 Å². The number of quaternary nitrogens is 1. The van der Waals surface area contributed by atoms with Gasteiger partial charge < -0.3 is 10.2 Å². The molecular weight excluding hydrogens is 234 g/mol. The Kier molecular flexibility index (Phi) is 3.51. The minimum atomic E-state index is -1.23. The topological polar surface area (TPSA) is 74.6 Å². The zero-order chi connectivity index (χ0) is 14.4. The van der Waals surface area contributed by atoms with Crippen molar-refractivity contribution in [3.63, 3.8) is 0 Å². The summed E-state index contributed by atoms with van der Waals surface area (Å²) < 4.78 is -0.382. The lowest BCUT2D eigenvalue weighted by Gasteiger charge is -2.50. The van der Waals surface area contributed by atoms with Crippen molar-refractivity contribution in [1.29, 1.82) is 0 Å². The van der Waals surface area contributed by atoms with E-state index in [1.165, 1.54) is 0 Å². The molecule has 1 heterocycles. The summed E-state index contributed by atoms with van der Waals surface area (Å²) in [5.74, 6) is -1.14. The number of carbonyl (C=O) groups is 2. The van der Waals surface area contributed by atoms with Crippen molar-refractivity contribution in [2.75, 3.05) is 6.54 Å². The highest BCUT2D eigenvalue weighted by Gasteiger charge is 2.71. The number of amides is 1. The predicted molar refractivity (Wildman–Crippen MR) is 67.3 cm³/mol. The van der Waals surface area contributed by atoms with Crippen LogP contribution in [0.3, 0.4) is 0 Å². The smallest absolute Gasteiger partial charge is 0.477 e. The molecule has 2 N–H and O–H groups in total. The van der Waals surface area contributed by atoms with Crippen LogP contribution in [0.2, 0.25) is 0 Å². The van der Waals surface area contributed by atoms with E-state index in [-0.39, 0.29) is 10.4 Å². The van der Waals surface area contributed by atoms with Crippen molar-refractivity contribution in [3.8, 4) is 0 Å². The number of rotatable bonds is 2. The van der Waals surface area contributed by atoms with Crippen molar-refractivity contribution in [1.82, 2.24) is 0 Å². The first-order chi connectivity index (χ1) is 8.08. The molecule has 1 amide bonds. The minimum Gasteiger partial charge on any atom is -0.477 e. The molecule has 0 aromatic rings. The first-order valence-corrected chi connectivity index (χ1v) is 6.43. The van der Waals surface area contributed by atoms with Gasteiger partial charge in [0.15, 0.2) is 0 Å². The second-order valence-corrected chi connectivity index (χ2v) is 6.26. The maximum atomic E-state index is 11.9. The van der Waals surface area contributed by atoms with Crippen molar-refractivity contribution in [3.05, 3.63) is 0 Å². The number of hydrogen-bond donors (Lipinski definition) is 2. The highest BCUT2D eigenvalue weighted by molar-refractivity contribution is 5.81. The quantitative estimate of drug-likeness (QED) is 0.746. The number of aliphatic carboxylic acids is 1. The highest BCUT2D eigenvalue weighted by Crippen LogP contribution is 2.49. The molecule has 1 fully saturated rings. The molecular formula is C13H24NO4+. The number of nitrogens with zero attached hydrogens (tertiary/aromatic N) is 1. The molecule has 5 nitrogen and oxygen atoms in total. The molecule has 1 unspecified atom stereocenters. The first kappa shape index (κ1) is 15.0. The van der Waals surface area contributed by atoms with Crippen LogP contribution in [0.5, 0.6) is 0 Å². The summed E-state index contributed by atoms with van der Waals surface area (Å²) in [6, 6.07) is 0. The lowest BCUT2D eigenvalue weighted by Crippen LogP contribution is -2.75. The molecule has 1 rings (SSSR count). The number of hydrogen-bond acceptors (Lipinski definition) is 2. The summed E-state index contributed by atoms with van der Waals surface area (Å²) in [5.41, 5.74) is -1.88. The van der Waals surface area contributed by atoms with E-state index in [1.54, 1.807) is 6.92 Å². The molecule has 18 heavy (non-hydrogen) atoms. The number of likely N-dealkylation sites (tertiary alicyclic amines) is 1. The fourth-order valence-corrected chi connectivity index (χ4v) is 3.83. The van der Waals surface area contributed by atoms with Gasteiger partial charge in [0.1, 0.15) is 5.54 Å². The number of carboxylic acid groups (broad SMARTS) is 2. The third-order valence-electron chi connectivity index (χ3n) is 4.78. The molecule has 5 heteroatoms. The van der Waals surface area contributed by atoms with E-state index in [0.717, 1.165) is 0 Å². The summed E-state index contributed by atoms with van der Waals surface area (Å²) in [6.45, 7) is 9.44. The normalized spacial score (nSPS) is 36.6. The summed E-state index contributed by atoms with van der Waals surface area (Å²) in [7, 11) is 0. The van der Waals surface area contributed by atoms with Gasteiger partial charge in [-0.3, -0.25) is 0 Å². The Balaban J connectivity index is 3.61. The largest absolute Gasteiger partial charge is 0.514 e. The Hall–Kier alpha value is -1.10. The van der Waals surface area contributed by atoms with E-state index < -0.39 is 23.1 Å². The molecule has 1 aliphatic rings. The van der Waals surface area contributed by atoms with E-state index in [4.69, 9.17) is 0 Å². The third kappa shape index (κ3) is 1.49. The summed E-state index contributed by atoms with van der Waals surface area (Å²) in [6.07, 6.45) is -0.0762. The Morgan fingerprint density at radius 2 is 1.83 bits per heavy atom. The molecule has 1 aliphatic heterocycles. The van der Waals surface area contributed by atoms with Gasteiger partial charge in [0.2, 0.25) is 5.54 Å². The van der Waals surface area contributed by atoms with E-state index in [1.807, 2.05) is 27.7 Å². The van der Waals surface area contributed by atoms with Crippen molar-refractivity contribution in [2.45, 2.75) is 58.5 Å². The average molecular weight is 258 g/mol. The summed E-state index contributed by atoms with van der Waals surface area (Å²) in [5, 5.41) is 19.4. The molecule has 0 aromatic heterocycles. The maximum Gasteiger partial charge on any atom is 0.514 e. The van der Waals surface area contributed by atoms with Crippen LogP contribution in [-0.2, 0) is 4.79 Å². The van der Waals surface area contributed by atoms with Gasteiger partial charge in [0, 0.05) is 18.8 Å². The SMILES string of the molecule is CC[C@@]1(C(=O)O)[C@@H](C)CC[N+]1(C(=O)O)C(C)(C)C. The van der Waals surface area contributed by atoms with Crippen LogP contribution in [0, 0.1) is 5.92 Å². The highest BCUT2D eigenvalue weighted by atomic mass is 16.4. The molecule has 0 bridgehead atoms. The molecule has 0 aliphatic carbocycles. The zero-order valence-electron chi connectivity index (χ0n) is 11.9. The average Bonchev–Trinajstić information content (AvgIpc) is 2.52. The molecule has 104 valence electrons. The first-order valence-electron chi connectivity index (χ1n) is 6.43. The van der Waals surface area contributed by atoms with E-state index in [0.29, 0.717) is 19.4 Å². The van der Waals surface area contributed by atoms with Crippen LogP contribution in [-0.4, -0.2) is 44.4 Å². The van der Waals surface area contributed by atoms with Gasteiger partial charge in [-0.05, 0) is 20.8 Å². The Morgan fingerprint density at radius 1 is 1.33 bits per heavy atom. The van der Waals surface area contributed by atoms with Gasteiger partial charge in [0.05, 0.1) is 6.54 Å². The lowest BCUT2D eigenvalue weighted by atomic mass is 9.79. The molecule has 0 radical (unpaired) electrons. The lowest BCUT2D eigenvalue weighted by molar-refractivity contribution is -0.932. The van der Waals surface area contributed by atoms with Crippen LogP contribution < -0.4 is 0 Å². The molecule has 0 spiro atoms. The maximum absolute atomic E-state index is 11.9. The second kappa shape index (κ2) is 4.23. The summed E-state index contributed by atoms with van der Waals surface area (Å²) >= 11 is 0. The molecule has 3 atom stereocenters. The van der Waals surface area contributed by atoms with E-state index >= 15 is 0 Å². The Bertz CT molecular complexity index is 374. The van der Waals surface area contributed by atoms with Crippen LogP contribution in [0.1, 0.15) is 47.5 Å². The molecule has 0 aromatic carbocycles. The van der Waals surface area contributed by atoms with Crippen LogP contribution in [0.25, 0.3) is 0 Å². The Morgan fingerprint density at radius 3 is 2.06 bits per heavy atom. The van der Waals surface area contributed by atoms with Crippen molar-refractivity contribution in [2.24, 2.45) is 5.92 Å². The predicted octanol–water partition coefficient (Wildman–Crippen LogP) is 2.55. The van der Waals surface area contributed by atoms with Crippen LogP contribution >= 0.6 is 0 Å². The fraction of sp³-hybridized carbons (Fsp3) is 0.846. The van der Waals surface area contributed by atoms with Crippen molar-refractivity contribution < 1.29 is 24.3 Å². The summed E-state index contributed by atoms with van der Waals surface area (Å²) in [4.78, 5) is 23.8. The van der Waals surface area contributed by atoms with Gasteiger partial charge >= 0.3 is 12.1 Å². The molecule has 1 saturated heterocycles. The molecule has 0 saturated carbocycles. The fourth-order valence-electron chi connectivity index (χ4n) is 3.83. The van der Waals surface area contributed by atoms with Gasteiger partial charge in [-0.1, -0.05) is 13.8 Å². The van der Waals surface area contributed by atoms with Gasteiger partial charge in [-0.25, -0.2) is 9.28 Å². The Labute approximate surface area is 108 Å². The van der Waals surface area contributed by atoms with Crippen molar-refractivity contribution >= 4 is 12.1 Å². The second-order valence-electron chi connectivity index (χ2n) is 6.26. The monoisotopic (exact) mass is 258 g/mol. The third-order valence-corrected chi connectivity index (χ3v) is 4.78. The standard InChI is InChI=1S/C13H23NO4/c1-6-13(10(15)16)9(2)7-8-14(13,11(17)18)12(3,4)5/h9H,6-8H2,1-5H3,(H-,15,16,17,18)/p+1/t9-,13-,14?/m0/s1. The van der Waals surface area contributed by atoms with Gasteiger partial charge in [-0.15, -0.1) is 0 Å². The number of carboxylic acids is 1. The van der Waals surface area contributed by atoms with Crippen LogP contribution in [0.15, 0.2) is 0 Å².